The van der Waals surface area contributed by atoms with Crippen LogP contribution in [0.15, 0.2) is 47.4 Å². The quantitative estimate of drug-likeness (QED) is 0.658. The number of hydrogen-bond acceptors (Lipinski definition) is 3. The first kappa shape index (κ1) is 22.7. The number of hydrogen-bond donors (Lipinski definition) is 1. The van der Waals surface area contributed by atoms with Crippen LogP contribution < -0.4 is 5.32 Å². The van der Waals surface area contributed by atoms with Gasteiger partial charge in [-0.1, -0.05) is 53.9 Å². The number of nitrogens with one attached hydrogen (secondary N) is 1. The van der Waals surface area contributed by atoms with Crippen molar-refractivity contribution < 1.29 is 13.2 Å². The van der Waals surface area contributed by atoms with Crippen LogP contribution >= 0.6 is 23.2 Å². The second-order valence-electron chi connectivity index (χ2n) is 6.71. The Morgan fingerprint density at radius 2 is 1.75 bits per heavy atom. The Morgan fingerprint density at radius 3 is 2.32 bits per heavy atom. The number of halogens is 2. The van der Waals surface area contributed by atoms with Crippen LogP contribution in [0.25, 0.3) is 0 Å². The molecule has 0 aliphatic rings. The van der Waals surface area contributed by atoms with E-state index in [2.05, 4.69) is 5.32 Å². The average Bonchev–Trinajstić information content (AvgIpc) is 2.64. The smallest absolute Gasteiger partial charge is 0.243 e. The highest BCUT2D eigenvalue weighted by Gasteiger charge is 2.27. The number of amides is 1. The fraction of sp³-hybridized carbons (Fsp3) is 0.350. The van der Waals surface area contributed by atoms with Crippen LogP contribution in [0.1, 0.15) is 31.4 Å². The minimum absolute atomic E-state index is 0.00102. The van der Waals surface area contributed by atoms with E-state index < -0.39 is 10.0 Å². The molecule has 28 heavy (non-hydrogen) atoms. The minimum atomic E-state index is -3.88. The maximum Gasteiger partial charge on any atom is 0.243 e. The molecule has 1 amide bonds. The lowest BCUT2D eigenvalue weighted by Crippen LogP contribution is -2.43. The maximum atomic E-state index is 13.2. The zero-order valence-electron chi connectivity index (χ0n) is 16.1. The van der Waals surface area contributed by atoms with Crippen LogP contribution in [0.4, 0.5) is 0 Å². The molecule has 0 aliphatic heterocycles. The van der Waals surface area contributed by atoms with Gasteiger partial charge in [0.15, 0.2) is 0 Å². The summed E-state index contributed by atoms with van der Waals surface area (Å²) < 4.78 is 27.5. The first-order chi connectivity index (χ1) is 13.1. The number of benzene rings is 2. The predicted octanol–water partition coefficient (Wildman–Crippen LogP) is 4.41. The van der Waals surface area contributed by atoms with E-state index in [1.165, 1.54) is 0 Å². The fourth-order valence-corrected chi connectivity index (χ4v) is 4.21. The van der Waals surface area contributed by atoms with Crippen molar-refractivity contribution in [1.29, 1.82) is 0 Å². The number of nitrogens with zero attached hydrogens (tertiary/aromatic N) is 1. The molecule has 0 unspecified atom stereocenters. The first-order valence-corrected chi connectivity index (χ1v) is 11.1. The summed E-state index contributed by atoms with van der Waals surface area (Å²) >= 11 is 12.0. The Morgan fingerprint density at radius 1 is 1.11 bits per heavy atom. The highest BCUT2D eigenvalue weighted by molar-refractivity contribution is 7.89. The molecule has 1 N–H and O–H groups in total. The normalized spacial score (nSPS) is 12.8. The van der Waals surface area contributed by atoms with Crippen molar-refractivity contribution in [2.75, 3.05) is 6.54 Å². The molecule has 0 spiro atoms. The lowest BCUT2D eigenvalue weighted by molar-refractivity contribution is -0.122. The van der Waals surface area contributed by atoms with E-state index in [0.717, 1.165) is 16.3 Å². The third kappa shape index (κ3) is 5.95. The summed E-state index contributed by atoms with van der Waals surface area (Å²) in [5, 5.41) is 3.52. The third-order valence-corrected chi connectivity index (χ3v) is 6.89. The Labute approximate surface area is 176 Å². The molecule has 152 valence electrons. The van der Waals surface area contributed by atoms with E-state index in [4.69, 9.17) is 23.2 Å². The number of rotatable bonds is 8. The van der Waals surface area contributed by atoms with Crippen molar-refractivity contribution in [3.63, 3.8) is 0 Å². The van der Waals surface area contributed by atoms with Gasteiger partial charge in [-0.05, 0) is 50.1 Å². The van der Waals surface area contributed by atoms with Crippen molar-refractivity contribution in [3.8, 4) is 0 Å². The predicted molar refractivity (Wildman–Crippen MR) is 113 cm³/mol. The summed E-state index contributed by atoms with van der Waals surface area (Å²) in [5.74, 6) is -0.356. The van der Waals surface area contributed by atoms with E-state index in [9.17, 15) is 13.2 Å². The minimum Gasteiger partial charge on any atom is -0.353 e. The molecule has 5 nitrogen and oxygen atoms in total. The van der Waals surface area contributed by atoms with Gasteiger partial charge in [0, 0.05) is 12.6 Å². The van der Waals surface area contributed by atoms with Crippen LogP contribution in [-0.2, 0) is 21.4 Å². The summed E-state index contributed by atoms with van der Waals surface area (Å²) in [7, 11) is -3.88. The topological polar surface area (TPSA) is 66.5 Å². The molecule has 0 radical (unpaired) electrons. The van der Waals surface area contributed by atoms with Crippen LogP contribution in [0.2, 0.25) is 10.0 Å². The van der Waals surface area contributed by atoms with Crippen LogP contribution in [0.3, 0.4) is 0 Å². The molecule has 1 atom stereocenters. The van der Waals surface area contributed by atoms with Crippen molar-refractivity contribution in [2.24, 2.45) is 0 Å². The molecule has 2 rings (SSSR count). The second-order valence-corrected chi connectivity index (χ2v) is 9.46. The van der Waals surface area contributed by atoms with Crippen LogP contribution in [0.5, 0.6) is 0 Å². The summed E-state index contributed by atoms with van der Waals surface area (Å²) in [4.78, 5) is 12.5. The summed E-state index contributed by atoms with van der Waals surface area (Å²) in [5.41, 5.74) is 1.59. The molecule has 0 saturated carbocycles. The molecular weight excluding hydrogens is 419 g/mol. The molecule has 0 aliphatic carbocycles. The Bertz CT molecular complexity index is 931. The number of carbonyl (C=O) groups is 1. The molecular formula is C20H24Cl2N2O3S. The molecule has 0 aromatic heterocycles. The SMILES string of the molecule is CC[C@@H](C)NC(=O)CN(Cc1ccc(Cl)c(Cl)c1)S(=O)(=O)c1ccc(C)cc1. The third-order valence-electron chi connectivity index (χ3n) is 4.34. The van der Waals surface area contributed by atoms with Gasteiger partial charge in [-0.3, -0.25) is 4.79 Å². The Balaban J connectivity index is 2.35. The van der Waals surface area contributed by atoms with Gasteiger partial charge in [0.05, 0.1) is 21.5 Å². The van der Waals surface area contributed by atoms with Gasteiger partial charge >= 0.3 is 0 Å². The van der Waals surface area contributed by atoms with Gasteiger partial charge in [-0.25, -0.2) is 8.42 Å². The van der Waals surface area contributed by atoms with E-state index >= 15 is 0 Å². The lowest BCUT2D eigenvalue weighted by atomic mass is 10.2. The lowest BCUT2D eigenvalue weighted by Gasteiger charge is -2.23. The monoisotopic (exact) mass is 442 g/mol. The van der Waals surface area contributed by atoms with Crippen molar-refractivity contribution in [3.05, 3.63) is 63.6 Å². The highest BCUT2D eigenvalue weighted by atomic mass is 35.5. The Hall–Kier alpha value is -1.60. The van der Waals surface area contributed by atoms with Gasteiger partial charge in [-0.15, -0.1) is 0 Å². The molecule has 0 fully saturated rings. The van der Waals surface area contributed by atoms with E-state index in [1.54, 1.807) is 42.5 Å². The average molecular weight is 443 g/mol. The molecule has 8 heteroatoms. The summed E-state index contributed by atoms with van der Waals surface area (Å²) in [6, 6.07) is 11.4. The fourth-order valence-electron chi connectivity index (χ4n) is 2.51. The molecule has 0 heterocycles. The van der Waals surface area contributed by atoms with Crippen LogP contribution in [-0.4, -0.2) is 31.2 Å². The van der Waals surface area contributed by atoms with Crippen molar-refractivity contribution >= 4 is 39.1 Å². The van der Waals surface area contributed by atoms with E-state index in [1.807, 2.05) is 20.8 Å². The van der Waals surface area contributed by atoms with Crippen molar-refractivity contribution in [1.82, 2.24) is 9.62 Å². The molecule has 2 aromatic carbocycles. The highest BCUT2D eigenvalue weighted by Crippen LogP contribution is 2.25. The zero-order chi connectivity index (χ0) is 20.9. The molecule has 2 aromatic rings. The van der Waals surface area contributed by atoms with E-state index in [-0.39, 0.29) is 29.9 Å². The van der Waals surface area contributed by atoms with Gasteiger partial charge < -0.3 is 5.32 Å². The number of aryl methyl sites for hydroxylation is 1. The number of sulfonamides is 1. The van der Waals surface area contributed by atoms with E-state index in [0.29, 0.717) is 15.6 Å². The summed E-state index contributed by atoms with van der Waals surface area (Å²) in [6.45, 7) is 5.41. The summed E-state index contributed by atoms with van der Waals surface area (Å²) in [6.07, 6.45) is 0.753. The van der Waals surface area contributed by atoms with Gasteiger partial charge in [0.2, 0.25) is 15.9 Å². The van der Waals surface area contributed by atoms with Gasteiger partial charge in [-0.2, -0.15) is 4.31 Å². The number of carbonyl (C=O) groups excluding carboxylic acids is 1. The van der Waals surface area contributed by atoms with Gasteiger partial charge in [0.1, 0.15) is 0 Å². The van der Waals surface area contributed by atoms with Gasteiger partial charge in [0.25, 0.3) is 0 Å². The standard InChI is InChI=1S/C20H24Cl2N2O3S/c1-4-15(3)23-20(25)13-24(12-16-7-10-18(21)19(22)11-16)28(26,27)17-8-5-14(2)6-9-17/h5-11,15H,4,12-13H2,1-3H3,(H,23,25)/t15-/m1/s1. The first-order valence-electron chi connectivity index (χ1n) is 8.93. The van der Waals surface area contributed by atoms with Crippen LogP contribution in [0, 0.1) is 6.92 Å². The molecule has 0 bridgehead atoms. The maximum absolute atomic E-state index is 13.2. The second kappa shape index (κ2) is 9.74. The largest absolute Gasteiger partial charge is 0.353 e. The zero-order valence-corrected chi connectivity index (χ0v) is 18.4. The Kier molecular flexibility index (Phi) is 7.89. The van der Waals surface area contributed by atoms with Crippen molar-refractivity contribution in [2.45, 2.75) is 44.7 Å². The molecule has 0 saturated heterocycles.